The Morgan fingerprint density at radius 2 is 1.95 bits per heavy atom. The molecule has 38 heavy (non-hydrogen) atoms. The Balaban J connectivity index is 1.77. The molecule has 3 rings (SSSR count). The lowest BCUT2D eigenvalue weighted by Gasteiger charge is -2.27. The van der Waals surface area contributed by atoms with Crippen LogP contribution in [0.1, 0.15) is 26.7 Å². The summed E-state index contributed by atoms with van der Waals surface area (Å²) in [5.74, 6) is -4.60. The van der Waals surface area contributed by atoms with Crippen LogP contribution < -0.4 is 10.5 Å². The number of halogens is 4. The monoisotopic (exact) mass is 579 g/mol. The van der Waals surface area contributed by atoms with E-state index in [0.29, 0.717) is 0 Å². The smallest absolute Gasteiger partial charge is 0.422 e. The van der Waals surface area contributed by atoms with E-state index in [-0.39, 0.29) is 30.2 Å². The number of ether oxygens (including phenoxy) is 1. The number of benzene rings is 1. The molecule has 1 saturated heterocycles. The Morgan fingerprint density at radius 1 is 1.32 bits per heavy atom. The third-order valence-electron chi connectivity index (χ3n) is 6.82. The molecule has 2 fully saturated rings. The second-order valence-corrected chi connectivity index (χ2v) is 12.5. The van der Waals surface area contributed by atoms with Gasteiger partial charge in [0, 0.05) is 30.0 Å². The number of aliphatic carboxylic acids is 1. The van der Waals surface area contributed by atoms with Crippen molar-refractivity contribution >= 4 is 39.1 Å². The van der Waals surface area contributed by atoms with Crippen LogP contribution in [0.3, 0.4) is 0 Å². The molecule has 3 N–H and O–H groups in total. The number of alkyl halides is 3. The number of carbonyl (C=O) groups is 3. The number of primary amides is 1. The van der Waals surface area contributed by atoms with Gasteiger partial charge in [-0.2, -0.15) is 18.4 Å². The average molecular weight is 580 g/mol. The standard InChI is InChI=1S/C23H25ClF3N3O7S/c1-21(2,11-38(35,36)16-4-3-13(6-14(16)24)37-10-23(25,26)27)18(31)12-5-15(19(32)33)30(8-12)17-7-22(17,9-28)20(29)34/h3-4,6,12,15,17H,5,7-8,10-11H2,1-2H3,(H2,29,34)(H,32,33)/t12-,15+,17?,22?/m1/s1. The molecule has 0 spiro atoms. The highest BCUT2D eigenvalue weighted by molar-refractivity contribution is 7.91. The maximum atomic E-state index is 13.4. The molecule has 15 heteroatoms. The molecule has 1 aromatic carbocycles. The lowest BCUT2D eigenvalue weighted by Crippen LogP contribution is -2.42. The summed E-state index contributed by atoms with van der Waals surface area (Å²) in [5.41, 5.74) is 2.27. The molecule has 0 aromatic heterocycles. The van der Waals surface area contributed by atoms with Crippen molar-refractivity contribution in [3.05, 3.63) is 23.2 Å². The van der Waals surface area contributed by atoms with Crippen molar-refractivity contribution in [2.24, 2.45) is 22.5 Å². The van der Waals surface area contributed by atoms with Gasteiger partial charge in [0.25, 0.3) is 0 Å². The van der Waals surface area contributed by atoms with E-state index in [9.17, 15) is 46.3 Å². The fourth-order valence-corrected chi connectivity index (χ4v) is 7.29. The minimum atomic E-state index is -4.60. The van der Waals surface area contributed by atoms with Gasteiger partial charge in [0.2, 0.25) is 5.91 Å². The summed E-state index contributed by atoms with van der Waals surface area (Å²) >= 11 is 6.02. The number of rotatable bonds is 10. The molecule has 2 aliphatic rings. The third kappa shape index (κ3) is 5.89. The van der Waals surface area contributed by atoms with Gasteiger partial charge < -0.3 is 15.6 Å². The average Bonchev–Trinajstić information content (AvgIpc) is 3.37. The quantitative estimate of drug-likeness (QED) is 0.422. The van der Waals surface area contributed by atoms with Gasteiger partial charge in [-0.3, -0.25) is 19.3 Å². The predicted molar refractivity (Wildman–Crippen MR) is 126 cm³/mol. The maximum absolute atomic E-state index is 13.4. The van der Waals surface area contributed by atoms with Crippen LogP contribution in [0.25, 0.3) is 0 Å². The SMILES string of the molecule is CC(C)(CS(=O)(=O)c1ccc(OCC(F)(F)F)cc1Cl)C(=O)[C@@H]1C[C@@H](C(=O)O)N(C2CC2(C#N)C(N)=O)C1. The number of nitrogens with zero attached hydrogens (tertiary/aromatic N) is 2. The van der Waals surface area contributed by atoms with Crippen molar-refractivity contribution in [3.63, 3.8) is 0 Å². The number of carboxylic acids is 1. The van der Waals surface area contributed by atoms with Crippen LogP contribution in [0.4, 0.5) is 13.2 Å². The van der Waals surface area contributed by atoms with Crippen LogP contribution in [0, 0.1) is 28.1 Å². The van der Waals surface area contributed by atoms with Crippen molar-refractivity contribution in [2.75, 3.05) is 18.9 Å². The zero-order valence-corrected chi connectivity index (χ0v) is 21.9. The first-order chi connectivity index (χ1) is 17.3. The summed E-state index contributed by atoms with van der Waals surface area (Å²) in [5, 5.41) is 18.7. The molecule has 1 aromatic rings. The molecule has 10 nitrogen and oxygen atoms in total. The van der Waals surface area contributed by atoms with Gasteiger partial charge in [-0.05, 0) is 25.0 Å². The summed E-state index contributed by atoms with van der Waals surface area (Å²) in [6.07, 6.45) is -4.73. The van der Waals surface area contributed by atoms with Crippen molar-refractivity contribution in [3.8, 4) is 11.8 Å². The molecule has 2 unspecified atom stereocenters. The van der Waals surface area contributed by atoms with E-state index in [4.69, 9.17) is 17.3 Å². The van der Waals surface area contributed by atoms with E-state index in [2.05, 4.69) is 4.74 Å². The Kier molecular flexibility index (Phi) is 7.82. The Bertz CT molecular complexity index is 1310. The highest BCUT2D eigenvalue weighted by Gasteiger charge is 2.66. The van der Waals surface area contributed by atoms with Crippen molar-refractivity contribution in [1.82, 2.24) is 4.90 Å². The van der Waals surface area contributed by atoms with Crippen LogP contribution in [0.2, 0.25) is 5.02 Å². The van der Waals surface area contributed by atoms with E-state index >= 15 is 0 Å². The van der Waals surface area contributed by atoms with E-state index in [1.54, 1.807) is 0 Å². The summed E-state index contributed by atoms with van der Waals surface area (Å²) < 4.78 is 67.9. The number of nitriles is 1. The number of sulfone groups is 1. The zero-order chi connectivity index (χ0) is 28.8. The van der Waals surface area contributed by atoms with Gasteiger partial charge in [-0.25, -0.2) is 8.42 Å². The number of carboxylic acid groups (broad SMARTS) is 1. The third-order valence-corrected chi connectivity index (χ3v) is 9.37. The van der Waals surface area contributed by atoms with E-state index < -0.39 is 79.8 Å². The van der Waals surface area contributed by atoms with E-state index in [0.717, 1.165) is 18.2 Å². The molecule has 1 heterocycles. The molecular weight excluding hydrogens is 555 g/mol. The molecule has 208 valence electrons. The number of ketones is 1. The second kappa shape index (κ2) is 10.0. The van der Waals surface area contributed by atoms with Gasteiger partial charge in [0.1, 0.15) is 17.6 Å². The largest absolute Gasteiger partial charge is 0.484 e. The Hall–Kier alpha value is -2.89. The maximum Gasteiger partial charge on any atom is 0.422 e. The molecule has 1 saturated carbocycles. The number of likely N-dealkylation sites (tertiary alicyclic amines) is 1. The fraction of sp³-hybridized carbons (Fsp3) is 0.565. The summed E-state index contributed by atoms with van der Waals surface area (Å²) in [6.45, 7) is 1.05. The number of hydrogen-bond acceptors (Lipinski definition) is 8. The number of hydrogen-bond donors (Lipinski definition) is 2. The minimum Gasteiger partial charge on any atom is -0.484 e. The molecule has 0 radical (unpaired) electrons. The first-order valence-corrected chi connectivity index (χ1v) is 13.3. The highest BCUT2D eigenvalue weighted by Crippen LogP contribution is 2.52. The van der Waals surface area contributed by atoms with Crippen LogP contribution in [0.5, 0.6) is 5.75 Å². The molecule has 1 aliphatic carbocycles. The Morgan fingerprint density at radius 3 is 2.42 bits per heavy atom. The van der Waals surface area contributed by atoms with Crippen LogP contribution in [-0.2, 0) is 24.2 Å². The topological polar surface area (TPSA) is 168 Å². The predicted octanol–water partition coefficient (Wildman–Crippen LogP) is 2.19. The summed E-state index contributed by atoms with van der Waals surface area (Å²) in [7, 11) is -4.23. The van der Waals surface area contributed by atoms with Gasteiger partial charge in [0.15, 0.2) is 21.9 Å². The lowest BCUT2D eigenvalue weighted by molar-refractivity contribution is -0.153. The molecule has 4 atom stereocenters. The second-order valence-electron chi connectivity index (χ2n) is 10.2. The van der Waals surface area contributed by atoms with Gasteiger partial charge in [0.05, 0.1) is 21.7 Å². The van der Waals surface area contributed by atoms with E-state index in [1.165, 1.54) is 18.7 Å². The molecule has 0 bridgehead atoms. The molecular formula is C23H25ClF3N3O7S. The normalized spacial score (nSPS) is 26.0. The number of amides is 1. The summed E-state index contributed by atoms with van der Waals surface area (Å²) in [4.78, 5) is 38.0. The fourth-order valence-electron chi connectivity index (χ4n) is 4.89. The van der Waals surface area contributed by atoms with Gasteiger partial charge >= 0.3 is 12.1 Å². The number of carbonyl (C=O) groups excluding carboxylic acids is 2. The van der Waals surface area contributed by atoms with Crippen molar-refractivity contribution < 1.29 is 45.8 Å². The van der Waals surface area contributed by atoms with E-state index in [1.807, 2.05) is 6.07 Å². The minimum absolute atomic E-state index is 0.0302. The van der Waals surface area contributed by atoms with Gasteiger partial charge in [-0.1, -0.05) is 25.4 Å². The van der Waals surface area contributed by atoms with Crippen LogP contribution in [0.15, 0.2) is 23.1 Å². The van der Waals surface area contributed by atoms with Crippen LogP contribution in [-0.4, -0.2) is 73.2 Å². The number of nitrogens with two attached hydrogens (primary N) is 1. The molecule has 1 amide bonds. The first-order valence-electron chi connectivity index (χ1n) is 11.3. The summed E-state index contributed by atoms with van der Waals surface area (Å²) in [6, 6.07) is 2.82. The first kappa shape index (κ1) is 29.7. The van der Waals surface area contributed by atoms with Crippen molar-refractivity contribution in [2.45, 2.75) is 49.8 Å². The zero-order valence-electron chi connectivity index (χ0n) is 20.3. The van der Waals surface area contributed by atoms with Crippen LogP contribution >= 0.6 is 11.6 Å². The van der Waals surface area contributed by atoms with Crippen molar-refractivity contribution in [1.29, 1.82) is 5.26 Å². The lowest BCUT2D eigenvalue weighted by atomic mass is 9.82. The molecule has 1 aliphatic heterocycles. The Labute approximate surface area is 221 Å². The van der Waals surface area contributed by atoms with Gasteiger partial charge in [-0.15, -0.1) is 0 Å². The number of Topliss-reactive ketones (excluding diaryl/α,β-unsaturated/α-hetero) is 1. The highest BCUT2D eigenvalue weighted by atomic mass is 35.5.